The van der Waals surface area contributed by atoms with Crippen molar-refractivity contribution in [2.24, 2.45) is 0 Å². The Kier molecular flexibility index (Phi) is 5.32. The Hall–Kier alpha value is -3.36. The summed E-state index contributed by atoms with van der Waals surface area (Å²) in [6.45, 7) is 2.11. The average molecular weight is 452 g/mol. The first-order chi connectivity index (χ1) is 15.5. The number of hydrogen-bond acceptors (Lipinski definition) is 5. The average Bonchev–Trinajstić information content (AvgIpc) is 3.53. The maximum Gasteiger partial charge on any atom is 0.415 e. The number of aromatic nitrogens is 2. The first kappa shape index (κ1) is 20.5. The van der Waals surface area contributed by atoms with Crippen molar-refractivity contribution in [3.63, 3.8) is 0 Å². The summed E-state index contributed by atoms with van der Waals surface area (Å²) >= 11 is 5.95. The van der Waals surface area contributed by atoms with E-state index < -0.39 is 0 Å². The topological polar surface area (TPSA) is 79.7 Å². The zero-order chi connectivity index (χ0) is 22.2. The number of carbonyl (C=O) groups is 2. The predicted molar refractivity (Wildman–Crippen MR) is 121 cm³/mol. The molecule has 0 bridgehead atoms. The lowest BCUT2D eigenvalue weighted by atomic mass is 10.2. The highest BCUT2D eigenvalue weighted by Gasteiger charge is 2.32. The zero-order valence-corrected chi connectivity index (χ0v) is 18.2. The van der Waals surface area contributed by atoms with Crippen LogP contribution in [0, 0.1) is 0 Å². The molecule has 164 valence electrons. The number of ether oxygens (including phenoxy) is 1. The molecule has 0 aliphatic carbocycles. The highest BCUT2D eigenvalue weighted by molar-refractivity contribution is 6.30. The number of hydrogen-bond donors (Lipinski definition) is 1. The lowest BCUT2D eigenvalue weighted by Crippen LogP contribution is -2.40. The Morgan fingerprint density at radius 1 is 1.16 bits per heavy atom. The number of benzene rings is 2. The van der Waals surface area contributed by atoms with Crippen LogP contribution in [0.5, 0.6) is 5.75 Å². The van der Waals surface area contributed by atoms with Gasteiger partial charge in [-0.2, -0.15) is 5.10 Å². The van der Waals surface area contributed by atoms with E-state index in [4.69, 9.17) is 16.3 Å². The minimum absolute atomic E-state index is 0.143. The molecule has 2 aliphatic rings. The number of fused-ring (bicyclic) bond motifs is 1. The summed E-state index contributed by atoms with van der Waals surface area (Å²) < 4.78 is 7.17. The number of rotatable bonds is 4. The van der Waals surface area contributed by atoms with Crippen molar-refractivity contribution in [3.05, 3.63) is 71.0 Å². The smallest absolute Gasteiger partial charge is 0.410 e. The standard InChI is InChI=1S/C23H22ClN5O3/c1-27(19-10-11-25-12-19)23(31)32-20-8-6-17(7-9-20)28-13-15-14-29(26-21(15)22(28)30)18-4-2-16(24)3-5-18/h2-9,14,19,25H,10-13H2,1H3. The van der Waals surface area contributed by atoms with Crippen molar-refractivity contribution in [1.82, 2.24) is 20.0 Å². The van der Waals surface area contributed by atoms with Gasteiger partial charge in [0, 0.05) is 42.1 Å². The van der Waals surface area contributed by atoms with E-state index in [1.807, 2.05) is 18.3 Å². The van der Waals surface area contributed by atoms with E-state index >= 15 is 0 Å². The maximum absolute atomic E-state index is 12.9. The second kappa shape index (κ2) is 8.29. The van der Waals surface area contributed by atoms with Gasteiger partial charge in [-0.3, -0.25) is 4.79 Å². The molecule has 9 heteroatoms. The second-order valence-corrected chi connectivity index (χ2v) is 8.37. The quantitative estimate of drug-likeness (QED) is 0.657. The molecule has 3 aromatic rings. The summed E-state index contributed by atoms with van der Waals surface area (Å²) in [7, 11) is 1.75. The molecule has 1 unspecified atom stereocenters. The predicted octanol–water partition coefficient (Wildman–Crippen LogP) is 3.48. The van der Waals surface area contributed by atoms with Crippen LogP contribution >= 0.6 is 11.6 Å². The SMILES string of the molecule is CN(C(=O)Oc1ccc(N2Cc3cn(-c4ccc(Cl)cc4)nc3C2=O)cc1)C1CCNC1. The molecule has 8 nitrogen and oxygen atoms in total. The van der Waals surface area contributed by atoms with E-state index in [9.17, 15) is 9.59 Å². The minimum atomic E-state index is -0.389. The van der Waals surface area contributed by atoms with Gasteiger partial charge >= 0.3 is 6.09 Å². The third kappa shape index (κ3) is 3.83. The lowest BCUT2D eigenvalue weighted by molar-refractivity contribution is 0.0991. The number of nitrogens with zero attached hydrogens (tertiary/aromatic N) is 4. The summed E-state index contributed by atoms with van der Waals surface area (Å²) in [6, 6.07) is 14.4. The Morgan fingerprint density at radius 3 is 2.53 bits per heavy atom. The summed E-state index contributed by atoms with van der Waals surface area (Å²) in [5.74, 6) is 0.278. The first-order valence-corrected chi connectivity index (χ1v) is 10.8. The highest BCUT2D eigenvalue weighted by atomic mass is 35.5. The number of amides is 2. The van der Waals surface area contributed by atoms with E-state index in [0.717, 1.165) is 36.4 Å². The Morgan fingerprint density at radius 2 is 1.88 bits per heavy atom. The van der Waals surface area contributed by atoms with Crippen LogP contribution in [0.2, 0.25) is 5.02 Å². The van der Waals surface area contributed by atoms with Crippen LogP contribution in [-0.4, -0.2) is 52.9 Å². The Labute approximate surface area is 190 Å². The van der Waals surface area contributed by atoms with Gasteiger partial charge in [0.15, 0.2) is 5.69 Å². The van der Waals surface area contributed by atoms with Crippen molar-refractivity contribution in [1.29, 1.82) is 0 Å². The van der Waals surface area contributed by atoms with Crippen LogP contribution in [0.4, 0.5) is 10.5 Å². The summed E-state index contributed by atoms with van der Waals surface area (Å²) in [5, 5.41) is 8.35. The van der Waals surface area contributed by atoms with Gasteiger partial charge < -0.3 is 19.9 Å². The molecule has 1 fully saturated rings. The van der Waals surface area contributed by atoms with Gasteiger partial charge in [0.1, 0.15) is 5.75 Å². The van der Waals surface area contributed by atoms with Crippen LogP contribution in [0.1, 0.15) is 22.5 Å². The van der Waals surface area contributed by atoms with Gasteiger partial charge in [0.2, 0.25) is 0 Å². The molecule has 0 spiro atoms. The fourth-order valence-corrected chi connectivity index (χ4v) is 4.12. The van der Waals surface area contributed by atoms with Crippen molar-refractivity contribution in [2.45, 2.75) is 19.0 Å². The molecule has 1 saturated heterocycles. The van der Waals surface area contributed by atoms with E-state index in [0.29, 0.717) is 23.0 Å². The largest absolute Gasteiger partial charge is 0.415 e. The summed E-state index contributed by atoms with van der Waals surface area (Å²) in [5.41, 5.74) is 2.85. The van der Waals surface area contributed by atoms with Gasteiger partial charge in [-0.1, -0.05) is 11.6 Å². The molecule has 2 amide bonds. The number of halogens is 1. The highest BCUT2D eigenvalue weighted by Crippen LogP contribution is 2.30. The monoisotopic (exact) mass is 451 g/mol. The van der Waals surface area contributed by atoms with Gasteiger partial charge in [-0.25, -0.2) is 9.48 Å². The molecule has 0 saturated carbocycles. The number of carbonyl (C=O) groups excluding carboxylic acids is 2. The molecule has 5 rings (SSSR count). The molecule has 3 heterocycles. The maximum atomic E-state index is 12.9. The molecule has 2 aliphatic heterocycles. The van der Waals surface area contributed by atoms with E-state index in [-0.39, 0.29) is 18.0 Å². The van der Waals surface area contributed by atoms with Crippen LogP contribution < -0.4 is 15.0 Å². The fourth-order valence-electron chi connectivity index (χ4n) is 4.00. The third-order valence-electron chi connectivity index (χ3n) is 5.88. The molecule has 1 N–H and O–H groups in total. The minimum Gasteiger partial charge on any atom is -0.410 e. The zero-order valence-electron chi connectivity index (χ0n) is 17.5. The molecular weight excluding hydrogens is 430 g/mol. The van der Waals surface area contributed by atoms with E-state index in [2.05, 4.69) is 10.4 Å². The fraction of sp³-hybridized carbons (Fsp3) is 0.261. The molecular formula is C23H22ClN5O3. The third-order valence-corrected chi connectivity index (χ3v) is 6.13. The van der Waals surface area contributed by atoms with Gasteiger partial charge in [-0.15, -0.1) is 0 Å². The van der Waals surface area contributed by atoms with Gasteiger partial charge in [0.05, 0.1) is 12.2 Å². The second-order valence-electron chi connectivity index (χ2n) is 7.93. The number of nitrogens with one attached hydrogen (secondary N) is 1. The molecule has 2 aromatic carbocycles. The van der Waals surface area contributed by atoms with Gasteiger partial charge in [0.25, 0.3) is 5.91 Å². The molecule has 1 atom stereocenters. The van der Waals surface area contributed by atoms with Gasteiger partial charge in [-0.05, 0) is 61.5 Å². The van der Waals surface area contributed by atoms with Crippen LogP contribution in [-0.2, 0) is 6.54 Å². The van der Waals surface area contributed by atoms with Crippen LogP contribution in [0.3, 0.4) is 0 Å². The number of anilines is 1. The van der Waals surface area contributed by atoms with Crippen LogP contribution in [0.25, 0.3) is 5.69 Å². The Bertz CT molecular complexity index is 1150. The number of likely N-dealkylation sites (N-methyl/N-ethyl adjacent to an activating group) is 1. The van der Waals surface area contributed by atoms with E-state index in [1.54, 1.807) is 57.9 Å². The van der Waals surface area contributed by atoms with Crippen molar-refractivity contribution < 1.29 is 14.3 Å². The van der Waals surface area contributed by atoms with E-state index in [1.165, 1.54) is 0 Å². The van der Waals surface area contributed by atoms with Crippen LogP contribution in [0.15, 0.2) is 54.7 Å². The van der Waals surface area contributed by atoms with Crippen molar-refractivity contribution in [2.75, 3.05) is 25.0 Å². The van der Waals surface area contributed by atoms with Crippen molar-refractivity contribution >= 4 is 29.3 Å². The Balaban J connectivity index is 1.26. The summed E-state index contributed by atoms with van der Waals surface area (Å²) in [4.78, 5) is 28.6. The van der Waals surface area contributed by atoms with Crippen molar-refractivity contribution in [3.8, 4) is 11.4 Å². The first-order valence-electron chi connectivity index (χ1n) is 10.4. The summed E-state index contributed by atoms with van der Waals surface area (Å²) in [6.07, 6.45) is 2.39. The molecule has 32 heavy (non-hydrogen) atoms. The lowest BCUT2D eigenvalue weighted by Gasteiger charge is -2.23. The molecule has 0 radical (unpaired) electrons. The normalized spacial score (nSPS) is 17.5. The molecule has 1 aromatic heterocycles.